The normalized spacial score (nSPS) is 13.2. The number of hydrogen-bond donors (Lipinski definition) is 2. The van der Waals surface area contributed by atoms with E-state index in [1.54, 1.807) is 6.92 Å². The Bertz CT molecular complexity index is 244. The van der Waals surface area contributed by atoms with E-state index in [9.17, 15) is 9.59 Å². The van der Waals surface area contributed by atoms with Crippen molar-refractivity contribution >= 4 is 11.8 Å². The van der Waals surface area contributed by atoms with Gasteiger partial charge in [0.15, 0.2) is 0 Å². The topological polar surface area (TPSA) is 75.4 Å². The lowest BCUT2D eigenvalue weighted by Crippen LogP contribution is -2.49. The van der Waals surface area contributed by atoms with Crippen LogP contribution in [0.2, 0.25) is 0 Å². The Hall–Kier alpha value is -1.10. The Morgan fingerprint density at radius 1 is 1.12 bits per heavy atom. The Balaban J connectivity index is 4.26. The Labute approximate surface area is 97.4 Å². The maximum absolute atomic E-state index is 11.6. The summed E-state index contributed by atoms with van der Waals surface area (Å²) in [6.45, 7) is 9.99. The highest BCUT2D eigenvalue weighted by molar-refractivity contribution is 5.87. The molecule has 0 rings (SSSR count). The average Bonchev–Trinajstić information content (AvgIpc) is 2.12. The Morgan fingerprint density at radius 2 is 1.56 bits per heavy atom. The minimum Gasteiger partial charge on any atom is -0.368 e. The first-order valence-electron chi connectivity index (χ1n) is 5.60. The monoisotopic (exact) mass is 229 g/mol. The third-order valence-electron chi connectivity index (χ3n) is 2.46. The van der Waals surface area contributed by atoms with Gasteiger partial charge in [-0.15, -0.1) is 0 Å². The number of nitrogens with two attached hydrogens (primary N) is 1. The van der Waals surface area contributed by atoms with E-state index in [0.717, 1.165) is 0 Å². The van der Waals surface area contributed by atoms with Crippen molar-refractivity contribution in [1.82, 2.24) is 10.2 Å². The van der Waals surface area contributed by atoms with Crippen molar-refractivity contribution in [2.24, 2.45) is 5.73 Å². The van der Waals surface area contributed by atoms with E-state index in [0.29, 0.717) is 0 Å². The molecule has 0 aromatic rings. The largest absolute Gasteiger partial charge is 0.368 e. The minimum atomic E-state index is -0.617. The van der Waals surface area contributed by atoms with E-state index in [2.05, 4.69) is 5.32 Å². The van der Waals surface area contributed by atoms with Crippen LogP contribution in [0.5, 0.6) is 0 Å². The molecule has 0 bridgehead atoms. The SMILES string of the molecule is CC(NC(=O)CN(C(C)C)C(C)C)C(N)=O. The number of amides is 2. The molecular formula is C11H23N3O2. The van der Waals surface area contributed by atoms with Gasteiger partial charge in [0.2, 0.25) is 11.8 Å². The van der Waals surface area contributed by atoms with Gasteiger partial charge in [-0.3, -0.25) is 14.5 Å². The molecule has 94 valence electrons. The second-order valence-corrected chi connectivity index (χ2v) is 4.55. The lowest BCUT2D eigenvalue weighted by molar-refractivity contribution is -0.128. The van der Waals surface area contributed by atoms with Crippen LogP contribution in [-0.4, -0.2) is 41.4 Å². The van der Waals surface area contributed by atoms with Gasteiger partial charge in [0.05, 0.1) is 6.54 Å². The molecule has 0 aliphatic rings. The molecule has 0 aromatic carbocycles. The molecule has 0 spiro atoms. The third kappa shape index (κ3) is 5.11. The van der Waals surface area contributed by atoms with Crippen LogP contribution in [-0.2, 0) is 9.59 Å². The van der Waals surface area contributed by atoms with E-state index in [1.165, 1.54) is 0 Å². The molecule has 0 saturated heterocycles. The summed E-state index contributed by atoms with van der Waals surface area (Å²) >= 11 is 0. The van der Waals surface area contributed by atoms with E-state index in [4.69, 9.17) is 5.73 Å². The van der Waals surface area contributed by atoms with Crippen LogP contribution < -0.4 is 11.1 Å². The highest BCUT2D eigenvalue weighted by Gasteiger charge is 2.19. The fourth-order valence-corrected chi connectivity index (χ4v) is 1.49. The van der Waals surface area contributed by atoms with Gasteiger partial charge in [-0.1, -0.05) is 0 Å². The van der Waals surface area contributed by atoms with Crippen molar-refractivity contribution in [2.45, 2.75) is 52.7 Å². The zero-order valence-corrected chi connectivity index (χ0v) is 10.8. The lowest BCUT2D eigenvalue weighted by atomic mass is 10.2. The number of carbonyl (C=O) groups is 2. The number of rotatable bonds is 6. The van der Waals surface area contributed by atoms with Crippen LogP contribution in [0.4, 0.5) is 0 Å². The molecule has 3 N–H and O–H groups in total. The third-order valence-corrected chi connectivity index (χ3v) is 2.46. The van der Waals surface area contributed by atoms with Gasteiger partial charge >= 0.3 is 0 Å². The molecule has 16 heavy (non-hydrogen) atoms. The molecular weight excluding hydrogens is 206 g/mol. The summed E-state index contributed by atoms with van der Waals surface area (Å²) in [4.78, 5) is 24.4. The van der Waals surface area contributed by atoms with Gasteiger partial charge in [0.1, 0.15) is 6.04 Å². The summed E-state index contributed by atoms with van der Waals surface area (Å²) in [6.07, 6.45) is 0. The number of primary amides is 1. The first-order chi connectivity index (χ1) is 7.25. The second kappa shape index (κ2) is 6.48. The van der Waals surface area contributed by atoms with Gasteiger partial charge in [-0.05, 0) is 34.6 Å². The van der Waals surface area contributed by atoms with Gasteiger partial charge < -0.3 is 11.1 Å². The molecule has 0 aliphatic carbocycles. The maximum atomic E-state index is 11.6. The van der Waals surface area contributed by atoms with Crippen LogP contribution in [0.3, 0.4) is 0 Å². The summed E-state index contributed by atoms with van der Waals surface area (Å²) in [7, 11) is 0. The smallest absolute Gasteiger partial charge is 0.239 e. The zero-order chi connectivity index (χ0) is 12.9. The summed E-state index contributed by atoms with van der Waals surface area (Å²) in [5.74, 6) is -0.692. The van der Waals surface area contributed by atoms with Crippen molar-refractivity contribution in [3.05, 3.63) is 0 Å². The van der Waals surface area contributed by atoms with E-state index in [-0.39, 0.29) is 24.5 Å². The number of nitrogens with zero attached hydrogens (tertiary/aromatic N) is 1. The van der Waals surface area contributed by atoms with Crippen molar-refractivity contribution in [1.29, 1.82) is 0 Å². The first kappa shape index (κ1) is 14.9. The lowest BCUT2D eigenvalue weighted by Gasteiger charge is -2.30. The van der Waals surface area contributed by atoms with Crippen LogP contribution >= 0.6 is 0 Å². The summed E-state index contributed by atoms with van der Waals surface area (Å²) in [6, 6.07) is -0.0436. The van der Waals surface area contributed by atoms with E-state index < -0.39 is 11.9 Å². The fraction of sp³-hybridized carbons (Fsp3) is 0.818. The van der Waals surface area contributed by atoms with Gasteiger partial charge in [0, 0.05) is 12.1 Å². The molecule has 0 heterocycles. The minimum absolute atomic E-state index is 0.173. The molecule has 0 aliphatic heterocycles. The van der Waals surface area contributed by atoms with Gasteiger partial charge in [-0.2, -0.15) is 0 Å². The van der Waals surface area contributed by atoms with Crippen LogP contribution in [0.25, 0.3) is 0 Å². The number of nitrogens with one attached hydrogen (secondary N) is 1. The van der Waals surface area contributed by atoms with Crippen LogP contribution in [0.15, 0.2) is 0 Å². The summed E-state index contributed by atoms with van der Waals surface area (Å²) < 4.78 is 0. The highest BCUT2D eigenvalue weighted by Crippen LogP contribution is 2.03. The van der Waals surface area contributed by atoms with Crippen molar-refractivity contribution in [3.63, 3.8) is 0 Å². The van der Waals surface area contributed by atoms with Crippen LogP contribution in [0.1, 0.15) is 34.6 Å². The fourth-order valence-electron chi connectivity index (χ4n) is 1.49. The predicted octanol–water partition coefficient (Wildman–Crippen LogP) is 0.0952. The molecule has 2 amide bonds. The van der Waals surface area contributed by atoms with Gasteiger partial charge in [-0.25, -0.2) is 0 Å². The molecule has 1 atom stereocenters. The maximum Gasteiger partial charge on any atom is 0.239 e. The standard InChI is InChI=1S/C11H23N3O2/c1-7(2)14(8(3)4)6-10(15)13-9(5)11(12)16/h7-9H,6H2,1-5H3,(H2,12,16)(H,13,15). The quantitative estimate of drug-likeness (QED) is 0.678. The van der Waals surface area contributed by atoms with Crippen LogP contribution in [0, 0.1) is 0 Å². The predicted molar refractivity (Wildman–Crippen MR) is 63.8 cm³/mol. The molecule has 1 unspecified atom stereocenters. The molecule has 5 nitrogen and oxygen atoms in total. The highest BCUT2D eigenvalue weighted by atomic mass is 16.2. The number of hydrogen-bond acceptors (Lipinski definition) is 3. The van der Waals surface area contributed by atoms with E-state index >= 15 is 0 Å². The molecule has 0 radical (unpaired) electrons. The zero-order valence-electron chi connectivity index (χ0n) is 10.8. The Morgan fingerprint density at radius 3 is 1.88 bits per heavy atom. The Kier molecular flexibility index (Phi) is 6.03. The summed E-state index contributed by atoms with van der Waals surface area (Å²) in [5, 5.41) is 2.56. The van der Waals surface area contributed by atoms with Crippen molar-refractivity contribution < 1.29 is 9.59 Å². The van der Waals surface area contributed by atoms with Gasteiger partial charge in [0.25, 0.3) is 0 Å². The average molecular weight is 229 g/mol. The van der Waals surface area contributed by atoms with Crippen molar-refractivity contribution in [2.75, 3.05) is 6.54 Å². The molecule has 0 aromatic heterocycles. The molecule has 5 heteroatoms. The number of carbonyl (C=O) groups excluding carboxylic acids is 2. The molecule has 0 saturated carbocycles. The second-order valence-electron chi connectivity index (χ2n) is 4.55. The van der Waals surface area contributed by atoms with Crippen molar-refractivity contribution in [3.8, 4) is 0 Å². The summed E-state index contributed by atoms with van der Waals surface area (Å²) in [5.41, 5.74) is 5.07. The van der Waals surface area contributed by atoms with E-state index in [1.807, 2.05) is 32.6 Å². The first-order valence-corrected chi connectivity index (χ1v) is 5.60. The molecule has 0 fully saturated rings.